The molecule has 178 valence electrons. The Bertz CT molecular complexity index is 797. The van der Waals surface area contributed by atoms with Crippen LogP contribution in [-0.4, -0.2) is 23.6 Å². The lowest BCUT2D eigenvalue weighted by Crippen LogP contribution is -2.56. The summed E-state index contributed by atoms with van der Waals surface area (Å²) in [7, 11) is 0. The van der Waals surface area contributed by atoms with E-state index in [4.69, 9.17) is 4.74 Å². The summed E-state index contributed by atoms with van der Waals surface area (Å²) in [5.41, 5.74) is 1.08. The molecule has 1 unspecified atom stereocenters. The van der Waals surface area contributed by atoms with E-state index in [1.807, 2.05) is 6.08 Å². The Labute approximate surface area is 193 Å². The maximum absolute atomic E-state index is 12.7. The molecule has 3 fully saturated rings. The molecular formula is C28H42O4. The molecule has 4 aliphatic carbocycles. The molecule has 32 heavy (non-hydrogen) atoms. The minimum atomic E-state index is -0.337. The van der Waals surface area contributed by atoms with Crippen molar-refractivity contribution in [1.82, 2.24) is 0 Å². The van der Waals surface area contributed by atoms with E-state index in [1.165, 1.54) is 5.57 Å². The summed E-state index contributed by atoms with van der Waals surface area (Å²) in [4.78, 5) is 37.7. The molecular weight excluding hydrogens is 400 g/mol. The molecule has 0 aliphatic heterocycles. The van der Waals surface area contributed by atoms with Crippen LogP contribution < -0.4 is 0 Å². The number of hydrogen-bond acceptors (Lipinski definition) is 4. The average molecular weight is 443 g/mol. The number of Topliss-reactive ketones (excluding diaryl/α,β-unsaturated/α-hetero) is 1. The second kappa shape index (κ2) is 9.06. The zero-order valence-corrected chi connectivity index (χ0v) is 20.6. The molecule has 0 aromatic carbocycles. The van der Waals surface area contributed by atoms with Crippen LogP contribution in [-0.2, 0) is 19.1 Å². The first-order chi connectivity index (χ1) is 15.2. The van der Waals surface area contributed by atoms with Gasteiger partial charge in [0.25, 0.3) is 0 Å². The predicted molar refractivity (Wildman–Crippen MR) is 125 cm³/mol. The standard InChI is InChI=1S/C28H42O4/c1-5-6-7-8-9-26(31)32-25-17-20(30)16-19-10-11-21-23-13-12-22(18(2)29)27(23,3)15-14-24(21)28(19,25)4/h16,21-25H,5-15,17H2,1-4H3/t21-,22+,23-,24-,25?,27+,28-/m0/s1. The van der Waals surface area contributed by atoms with Crippen molar-refractivity contribution in [3.8, 4) is 0 Å². The predicted octanol–water partition coefficient (Wildman–Crippen LogP) is 6.22. The smallest absolute Gasteiger partial charge is 0.306 e. The fraction of sp³-hybridized carbons (Fsp3) is 0.821. The lowest BCUT2D eigenvalue weighted by atomic mass is 9.46. The van der Waals surface area contributed by atoms with Gasteiger partial charge in [0, 0.05) is 24.2 Å². The third kappa shape index (κ3) is 3.90. The maximum Gasteiger partial charge on any atom is 0.306 e. The molecule has 4 rings (SSSR count). The molecule has 0 amide bonds. The number of hydrogen-bond donors (Lipinski definition) is 0. The summed E-state index contributed by atoms with van der Waals surface area (Å²) in [5.74, 6) is 2.07. The molecule has 0 N–H and O–H groups in total. The molecule has 0 aromatic rings. The van der Waals surface area contributed by atoms with Gasteiger partial charge in [-0.3, -0.25) is 14.4 Å². The van der Waals surface area contributed by atoms with Crippen molar-refractivity contribution in [1.29, 1.82) is 0 Å². The summed E-state index contributed by atoms with van der Waals surface area (Å²) in [6.07, 6.45) is 12.8. The largest absolute Gasteiger partial charge is 0.461 e. The van der Waals surface area contributed by atoms with Gasteiger partial charge in [0.05, 0.1) is 0 Å². The summed E-state index contributed by atoms with van der Waals surface area (Å²) >= 11 is 0. The monoisotopic (exact) mass is 442 g/mol. The molecule has 3 saturated carbocycles. The van der Waals surface area contributed by atoms with Crippen LogP contribution in [0.2, 0.25) is 0 Å². The van der Waals surface area contributed by atoms with Gasteiger partial charge in [-0.1, -0.05) is 45.6 Å². The molecule has 0 radical (unpaired) electrons. The van der Waals surface area contributed by atoms with E-state index in [0.29, 0.717) is 36.4 Å². The topological polar surface area (TPSA) is 60.4 Å². The van der Waals surface area contributed by atoms with Gasteiger partial charge in [-0.25, -0.2) is 0 Å². The number of ketones is 2. The van der Waals surface area contributed by atoms with Crippen LogP contribution in [0.25, 0.3) is 0 Å². The van der Waals surface area contributed by atoms with Crippen molar-refractivity contribution in [2.24, 2.45) is 34.5 Å². The molecule has 0 aromatic heterocycles. The van der Waals surface area contributed by atoms with Crippen molar-refractivity contribution in [2.45, 2.75) is 111 Å². The number of unbranched alkanes of at least 4 members (excludes halogenated alkanes) is 3. The van der Waals surface area contributed by atoms with Gasteiger partial charge in [0.1, 0.15) is 11.9 Å². The Kier molecular flexibility index (Phi) is 6.71. The number of rotatable bonds is 7. The van der Waals surface area contributed by atoms with Crippen LogP contribution >= 0.6 is 0 Å². The highest BCUT2D eigenvalue weighted by molar-refractivity contribution is 5.92. The van der Waals surface area contributed by atoms with Crippen LogP contribution in [0.3, 0.4) is 0 Å². The Morgan fingerprint density at radius 2 is 1.84 bits per heavy atom. The van der Waals surface area contributed by atoms with E-state index < -0.39 is 0 Å². The molecule has 0 bridgehead atoms. The number of ether oxygens (including phenoxy) is 1. The van der Waals surface area contributed by atoms with Gasteiger partial charge in [-0.15, -0.1) is 0 Å². The SMILES string of the molecule is CCCCCCC(=O)OC1CC(=O)C=C2CC[C@H]3[C@@H]4CC[C@H](C(C)=O)[C@@]4(C)CC[C@@H]3[C@]21C. The lowest BCUT2D eigenvalue weighted by molar-refractivity contribution is -0.166. The van der Waals surface area contributed by atoms with Crippen molar-refractivity contribution < 1.29 is 19.1 Å². The maximum atomic E-state index is 12.7. The Balaban J connectivity index is 1.55. The highest BCUT2D eigenvalue weighted by Crippen LogP contribution is 2.67. The summed E-state index contributed by atoms with van der Waals surface area (Å²) in [6, 6.07) is 0. The number of carbonyl (C=O) groups excluding carboxylic acids is 3. The minimum Gasteiger partial charge on any atom is -0.461 e. The van der Waals surface area contributed by atoms with Crippen LogP contribution in [0.1, 0.15) is 105 Å². The second-order valence-corrected chi connectivity index (χ2v) is 11.6. The highest BCUT2D eigenvalue weighted by Gasteiger charge is 2.62. The van der Waals surface area contributed by atoms with Crippen LogP contribution in [0.5, 0.6) is 0 Å². The first-order valence-corrected chi connectivity index (χ1v) is 13.2. The van der Waals surface area contributed by atoms with E-state index >= 15 is 0 Å². The molecule has 0 spiro atoms. The van der Waals surface area contributed by atoms with Gasteiger partial charge in [0.2, 0.25) is 0 Å². The van der Waals surface area contributed by atoms with E-state index in [1.54, 1.807) is 6.92 Å². The average Bonchev–Trinajstić information content (AvgIpc) is 3.10. The summed E-state index contributed by atoms with van der Waals surface area (Å²) in [5, 5.41) is 0. The van der Waals surface area contributed by atoms with Crippen molar-refractivity contribution in [3.63, 3.8) is 0 Å². The van der Waals surface area contributed by atoms with Gasteiger partial charge < -0.3 is 4.74 Å². The number of carbonyl (C=O) groups is 3. The molecule has 4 heteroatoms. The Morgan fingerprint density at radius 1 is 1.06 bits per heavy atom. The normalized spacial score (nSPS) is 40.7. The van der Waals surface area contributed by atoms with Crippen LogP contribution in [0.15, 0.2) is 11.6 Å². The Hall–Kier alpha value is -1.45. The molecule has 7 atom stereocenters. The van der Waals surface area contributed by atoms with Crippen molar-refractivity contribution >= 4 is 17.5 Å². The van der Waals surface area contributed by atoms with E-state index in [0.717, 1.165) is 64.2 Å². The lowest BCUT2D eigenvalue weighted by Gasteiger charge is -2.59. The first kappa shape index (κ1) is 23.7. The third-order valence-electron chi connectivity index (χ3n) is 10.0. The van der Waals surface area contributed by atoms with Crippen molar-refractivity contribution in [3.05, 3.63) is 11.6 Å². The number of fused-ring (bicyclic) bond motifs is 5. The molecule has 4 nitrogen and oxygen atoms in total. The highest BCUT2D eigenvalue weighted by atomic mass is 16.5. The third-order valence-corrected chi connectivity index (χ3v) is 10.0. The van der Waals surface area contributed by atoms with Crippen LogP contribution in [0, 0.1) is 34.5 Å². The second-order valence-electron chi connectivity index (χ2n) is 11.6. The fourth-order valence-electron chi connectivity index (χ4n) is 8.33. The fourth-order valence-corrected chi connectivity index (χ4v) is 8.33. The molecule has 0 heterocycles. The quantitative estimate of drug-likeness (QED) is 0.347. The van der Waals surface area contributed by atoms with Crippen molar-refractivity contribution in [2.75, 3.05) is 0 Å². The van der Waals surface area contributed by atoms with Gasteiger partial charge in [0.15, 0.2) is 5.78 Å². The van der Waals surface area contributed by atoms with E-state index in [9.17, 15) is 14.4 Å². The zero-order valence-electron chi connectivity index (χ0n) is 20.6. The van der Waals surface area contributed by atoms with Gasteiger partial charge >= 0.3 is 5.97 Å². The van der Waals surface area contributed by atoms with Gasteiger partial charge in [-0.2, -0.15) is 0 Å². The summed E-state index contributed by atoms with van der Waals surface area (Å²) in [6.45, 7) is 8.57. The first-order valence-electron chi connectivity index (χ1n) is 13.2. The van der Waals surface area contributed by atoms with Gasteiger partial charge in [-0.05, 0) is 81.1 Å². The molecule has 0 saturated heterocycles. The Morgan fingerprint density at radius 3 is 2.56 bits per heavy atom. The molecule has 4 aliphatic rings. The zero-order chi connectivity index (χ0) is 23.1. The minimum absolute atomic E-state index is 0.109. The van der Waals surface area contributed by atoms with Crippen LogP contribution in [0.4, 0.5) is 0 Å². The van der Waals surface area contributed by atoms with E-state index in [-0.39, 0.29) is 34.6 Å². The van der Waals surface area contributed by atoms with E-state index in [2.05, 4.69) is 20.8 Å². The summed E-state index contributed by atoms with van der Waals surface area (Å²) < 4.78 is 6.10. The number of esters is 1.